The van der Waals surface area contributed by atoms with E-state index in [-0.39, 0.29) is 0 Å². The van der Waals surface area contributed by atoms with Gasteiger partial charge in [-0.15, -0.1) is 0 Å². The normalized spacial score (nSPS) is 11.1. The highest BCUT2D eigenvalue weighted by molar-refractivity contribution is 6.14. The first-order valence-electron chi connectivity index (χ1n) is 5.42. The van der Waals surface area contributed by atoms with Crippen molar-refractivity contribution in [2.24, 2.45) is 0 Å². The van der Waals surface area contributed by atoms with Crippen LogP contribution >= 0.6 is 0 Å². The molecule has 3 rings (SSSR count). The third-order valence-corrected chi connectivity index (χ3v) is 3.10. The standard InChI is InChI=1S/C14H11NO2/c1-8-6-7-10-9-4-2-3-5-11(9)15-13(10)12(8)14(16)17/h2-7,15H,1H3,(H,16,17). The van der Waals surface area contributed by atoms with Crippen molar-refractivity contribution in [1.82, 2.24) is 4.98 Å². The fourth-order valence-corrected chi connectivity index (χ4v) is 2.30. The van der Waals surface area contributed by atoms with Gasteiger partial charge in [0.25, 0.3) is 0 Å². The Morgan fingerprint density at radius 2 is 1.88 bits per heavy atom. The van der Waals surface area contributed by atoms with Crippen LogP contribution in [0.1, 0.15) is 15.9 Å². The predicted molar refractivity (Wildman–Crippen MR) is 67.5 cm³/mol. The number of carbonyl (C=O) groups is 1. The fourth-order valence-electron chi connectivity index (χ4n) is 2.30. The van der Waals surface area contributed by atoms with Crippen LogP contribution in [0.4, 0.5) is 0 Å². The lowest BCUT2D eigenvalue weighted by atomic mass is 10.0. The van der Waals surface area contributed by atoms with Crippen LogP contribution in [0.15, 0.2) is 36.4 Å². The van der Waals surface area contributed by atoms with Crippen LogP contribution in [0.25, 0.3) is 21.8 Å². The van der Waals surface area contributed by atoms with E-state index in [9.17, 15) is 9.90 Å². The molecule has 1 heterocycles. The van der Waals surface area contributed by atoms with E-state index in [1.54, 1.807) is 0 Å². The summed E-state index contributed by atoms with van der Waals surface area (Å²) in [6.07, 6.45) is 0. The van der Waals surface area contributed by atoms with E-state index in [4.69, 9.17) is 0 Å². The third-order valence-electron chi connectivity index (χ3n) is 3.10. The largest absolute Gasteiger partial charge is 0.478 e. The molecule has 0 radical (unpaired) electrons. The second kappa shape index (κ2) is 3.35. The lowest BCUT2D eigenvalue weighted by Crippen LogP contribution is -2.00. The number of H-pyrrole nitrogens is 1. The van der Waals surface area contributed by atoms with E-state index in [2.05, 4.69) is 4.98 Å². The zero-order valence-corrected chi connectivity index (χ0v) is 9.32. The van der Waals surface area contributed by atoms with Crippen molar-refractivity contribution < 1.29 is 9.90 Å². The Morgan fingerprint density at radius 1 is 1.12 bits per heavy atom. The molecule has 0 aliphatic heterocycles. The van der Waals surface area contributed by atoms with Crippen LogP contribution in [0.5, 0.6) is 0 Å². The molecule has 0 spiro atoms. The zero-order valence-electron chi connectivity index (χ0n) is 9.32. The Hall–Kier alpha value is -2.29. The first-order chi connectivity index (χ1) is 8.18. The number of rotatable bonds is 1. The molecule has 3 nitrogen and oxygen atoms in total. The molecule has 0 bridgehead atoms. The number of fused-ring (bicyclic) bond motifs is 3. The lowest BCUT2D eigenvalue weighted by molar-refractivity contribution is 0.0698. The molecule has 3 heteroatoms. The number of para-hydroxylation sites is 1. The van der Waals surface area contributed by atoms with Gasteiger partial charge < -0.3 is 10.1 Å². The van der Waals surface area contributed by atoms with E-state index in [1.165, 1.54) is 0 Å². The Morgan fingerprint density at radius 3 is 2.65 bits per heavy atom. The summed E-state index contributed by atoms with van der Waals surface area (Å²) in [7, 11) is 0. The number of hydrogen-bond acceptors (Lipinski definition) is 1. The van der Waals surface area contributed by atoms with Crippen molar-refractivity contribution in [3.05, 3.63) is 47.5 Å². The van der Waals surface area contributed by atoms with Gasteiger partial charge in [0.1, 0.15) is 0 Å². The quantitative estimate of drug-likeness (QED) is 0.667. The maximum atomic E-state index is 11.3. The molecule has 1 aromatic heterocycles. The maximum absolute atomic E-state index is 11.3. The monoisotopic (exact) mass is 225 g/mol. The Balaban J connectivity index is 2.56. The molecular weight excluding hydrogens is 214 g/mol. The van der Waals surface area contributed by atoms with Crippen molar-refractivity contribution in [3.8, 4) is 0 Å². The van der Waals surface area contributed by atoms with Gasteiger partial charge in [-0.1, -0.05) is 30.3 Å². The van der Waals surface area contributed by atoms with Gasteiger partial charge in [-0.05, 0) is 18.6 Å². The summed E-state index contributed by atoms with van der Waals surface area (Å²) >= 11 is 0. The SMILES string of the molecule is Cc1ccc2c([nH]c3ccccc32)c1C(=O)O. The molecule has 0 saturated heterocycles. The molecule has 0 saturated carbocycles. The topological polar surface area (TPSA) is 53.1 Å². The first-order valence-corrected chi connectivity index (χ1v) is 5.42. The number of aromatic amines is 1. The van der Waals surface area contributed by atoms with Crippen molar-refractivity contribution in [2.45, 2.75) is 6.92 Å². The number of aryl methyl sites for hydroxylation is 1. The van der Waals surface area contributed by atoms with Gasteiger partial charge in [0.05, 0.1) is 11.1 Å². The summed E-state index contributed by atoms with van der Waals surface area (Å²) in [5.74, 6) is -0.889. The highest BCUT2D eigenvalue weighted by atomic mass is 16.4. The van der Waals surface area contributed by atoms with Gasteiger partial charge in [0.15, 0.2) is 0 Å². The van der Waals surface area contributed by atoms with Gasteiger partial charge >= 0.3 is 5.97 Å². The molecule has 17 heavy (non-hydrogen) atoms. The summed E-state index contributed by atoms with van der Waals surface area (Å²) in [5.41, 5.74) is 2.81. The molecular formula is C14H11NO2. The van der Waals surface area contributed by atoms with Crippen LogP contribution in [-0.4, -0.2) is 16.1 Å². The summed E-state index contributed by atoms with van der Waals surface area (Å²) in [6.45, 7) is 1.81. The number of aromatic nitrogens is 1. The Kier molecular flexibility index (Phi) is 1.95. The molecule has 0 unspecified atom stereocenters. The van der Waals surface area contributed by atoms with E-state index in [1.807, 2.05) is 43.3 Å². The Labute approximate surface area is 97.7 Å². The van der Waals surface area contributed by atoms with E-state index in [0.29, 0.717) is 11.1 Å². The summed E-state index contributed by atoms with van der Waals surface area (Å²) in [4.78, 5) is 14.5. The second-order valence-corrected chi connectivity index (χ2v) is 4.16. The van der Waals surface area contributed by atoms with Crippen molar-refractivity contribution in [2.75, 3.05) is 0 Å². The number of nitrogens with one attached hydrogen (secondary N) is 1. The molecule has 3 aromatic rings. The summed E-state index contributed by atoms with van der Waals surface area (Å²) in [5, 5.41) is 11.3. The highest BCUT2D eigenvalue weighted by Gasteiger charge is 2.15. The van der Waals surface area contributed by atoms with Gasteiger partial charge in [0.2, 0.25) is 0 Å². The molecule has 0 amide bonds. The van der Waals surface area contributed by atoms with Crippen LogP contribution in [-0.2, 0) is 0 Å². The molecule has 0 fully saturated rings. The number of carboxylic acid groups (broad SMARTS) is 1. The van der Waals surface area contributed by atoms with Crippen molar-refractivity contribution >= 4 is 27.8 Å². The van der Waals surface area contributed by atoms with E-state index in [0.717, 1.165) is 21.9 Å². The summed E-state index contributed by atoms with van der Waals surface area (Å²) < 4.78 is 0. The van der Waals surface area contributed by atoms with E-state index >= 15 is 0 Å². The molecule has 0 aliphatic rings. The minimum atomic E-state index is -0.889. The van der Waals surface area contributed by atoms with Crippen LogP contribution < -0.4 is 0 Å². The number of benzene rings is 2. The predicted octanol–water partition coefficient (Wildman–Crippen LogP) is 3.33. The van der Waals surface area contributed by atoms with E-state index < -0.39 is 5.97 Å². The second-order valence-electron chi connectivity index (χ2n) is 4.16. The highest BCUT2D eigenvalue weighted by Crippen LogP contribution is 2.29. The zero-order chi connectivity index (χ0) is 12.0. The third kappa shape index (κ3) is 1.32. The first kappa shape index (κ1) is 9.90. The van der Waals surface area contributed by atoms with Gasteiger partial charge in [-0.2, -0.15) is 0 Å². The van der Waals surface area contributed by atoms with Crippen molar-refractivity contribution in [1.29, 1.82) is 0 Å². The van der Waals surface area contributed by atoms with Gasteiger partial charge in [0, 0.05) is 16.3 Å². The number of carboxylic acids is 1. The minimum absolute atomic E-state index is 0.360. The van der Waals surface area contributed by atoms with Crippen LogP contribution in [0, 0.1) is 6.92 Å². The lowest BCUT2D eigenvalue weighted by Gasteiger charge is -2.01. The fraction of sp³-hybridized carbons (Fsp3) is 0.0714. The van der Waals surface area contributed by atoms with Gasteiger partial charge in [-0.3, -0.25) is 0 Å². The average molecular weight is 225 g/mol. The molecule has 0 aliphatic carbocycles. The smallest absolute Gasteiger partial charge is 0.338 e. The van der Waals surface area contributed by atoms with Crippen molar-refractivity contribution in [3.63, 3.8) is 0 Å². The molecule has 84 valence electrons. The number of aromatic carboxylic acids is 1. The molecule has 2 N–H and O–H groups in total. The average Bonchev–Trinajstić information content (AvgIpc) is 2.66. The number of hydrogen-bond donors (Lipinski definition) is 2. The molecule has 0 atom stereocenters. The molecule has 2 aromatic carbocycles. The summed E-state index contributed by atoms with van der Waals surface area (Å²) in [6, 6.07) is 11.7. The van der Waals surface area contributed by atoms with Gasteiger partial charge in [-0.25, -0.2) is 4.79 Å². The van der Waals surface area contributed by atoms with Crippen LogP contribution in [0.2, 0.25) is 0 Å². The minimum Gasteiger partial charge on any atom is -0.478 e. The van der Waals surface area contributed by atoms with Crippen LogP contribution in [0.3, 0.4) is 0 Å². The Bertz CT molecular complexity index is 740. The maximum Gasteiger partial charge on any atom is 0.338 e.